The number of carboxylic acid groups (broad SMARTS) is 1. The molecule has 0 heterocycles. The largest absolute Gasteiger partial charge is 0.481 e. The van der Waals surface area contributed by atoms with Gasteiger partial charge in [0.15, 0.2) is 0 Å². The summed E-state index contributed by atoms with van der Waals surface area (Å²) in [7, 11) is 0. The van der Waals surface area contributed by atoms with Gasteiger partial charge in [-0.15, -0.1) is 0 Å². The summed E-state index contributed by atoms with van der Waals surface area (Å²) in [6.45, 7) is 6.39. The number of hydrogen-bond donors (Lipinski definition) is 1. The highest BCUT2D eigenvalue weighted by molar-refractivity contribution is 5.66. The van der Waals surface area contributed by atoms with Gasteiger partial charge in [-0.1, -0.05) is 19.1 Å². The molecule has 0 saturated heterocycles. The lowest BCUT2D eigenvalue weighted by Gasteiger charge is -2.35. The summed E-state index contributed by atoms with van der Waals surface area (Å²) >= 11 is 0. The highest BCUT2D eigenvalue weighted by Gasteiger charge is 2.50. The van der Waals surface area contributed by atoms with E-state index in [0.29, 0.717) is 18.3 Å². The fraction of sp³-hybridized carbons (Fsp3) is 0.750. The monoisotopic (exact) mass is 194 g/mol. The maximum Gasteiger partial charge on any atom is 0.303 e. The first-order chi connectivity index (χ1) is 6.54. The summed E-state index contributed by atoms with van der Waals surface area (Å²) in [6.07, 6.45) is 4.89. The molecule has 2 fully saturated rings. The molecule has 0 spiro atoms. The van der Waals surface area contributed by atoms with E-state index in [1.165, 1.54) is 24.8 Å². The van der Waals surface area contributed by atoms with Crippen molar-refractivity contribution in [2.24, 2.45) is 17.3 Å². The molecule has 2 aliphatic rings. The van der Waals surface area contributed by atoms with Crippen molar-refractivity contribution in [3.05, 3.63) is 12.2 Å². The van der Waals surface area contributed by atoms with E-state index in [1.807, 2.05) is 0 Å². The van der Waals surface area contributed by atoms with Crippen LogP contribution in [0.3, 0.4) is 0 Å². The molecule has 0 aromatic carbocycles. The number of hydrogen-bond acceptors (Lipinski definition) is 1. The van der Waals surface area contributed by atoms with Crippen LogP contribution in [0.1, 0.15) is 39.0 Å². The Morgan fingerprint density at radius 1 is 1.64 bits per heavy atom. The lowest BCUT2D eigenvalue weighted by atomic mass is 9.69. The fourth-order valence-corrected chi connectivity index (χ4v) is 3.34. The van der Waals surface area contributed by atoms with Crippen LogP contribution in [0.2, 0.25) is 0 Å². The minimum atomic E-state index is -0.679. The van der Waals surface area contributed by atoms with Gasteiger partial charge in [-0.05, 0) is 42.9 Å². The third-order valence-corrected chi connectivity index (χ3v) is 4.42. The molecule has 0 aromatic rings. The zero-order chi connectivity index (χ0) is 10.3. The van der Waals surface area contributed by atoms with E-state index < -0.39 is 5.97 Å². The maximum atomic E-state index is 10.6. The van der Waals surface area contributed by atoms with E-state index >= 15 is 0 Å². The van der Waals surface area contributed by atoms with Gasteiger partial charge >= 0.3 is 5.97 Å². The highest BCUT2D eigenvalue weighted by atomic mass is 16.4. The average Bonchev–Trinajstić information content (AvgIpc) is 2.68. The average molecular weight is 194 g/mol. The fourth-order valence-electron chi connectivity index (χ4n) is 3.34. The molecule has 14 heavy (non-hydrogen) atoms. The molecule has 3 atom stereocenters. The predicted octanol–water partition coefficient (Wildman–Crippen LogP) is 2.84. The minimum absolute atomic E-state index is 0.126. The topological polar surface area (TPSA) is 37.3 Å². The molecule has 2 heteroatoms. The second-order valence-electron chi connectivity index (χ2n) is 5.04. The first-order valence-electron chi connectivity index (χ1n) is 5.45. The zero-order valence-electron chi connectivity index (χ0n) is 8.75. The van der Waals surface area contributed by atoms with Gasteiger partial charge in [0.05, 0.1) is 0 Å². The number of allylic oxidation sites excluding steroid dienone is 1. The van der Waals surface area contributed by atoms with Crippen LogP contribution in [-0.2, 0) is 4.79 Å². The van der Waals surface area contributed by atoms with E-state index in [-0.39, 0.29) is 5.41 Å². The van der Waals surface area contributed by atoms with Crippen molar-refractivity contribution < 1.29 is 9.90 Å². The summed E-state index contributed by atoms with van der Waals surface area (Å²) in [4.78, 5) is 10.6. The molecule has 0 radical (unpaired) electrons. The van der Waals surface area contributed by atoms with Gasteiger partial charge in [-0.25, -0.2) is 0 Å². The Labute approximate surface area is 85.0 Å². The minimum Gasteiger partial charge on any atom is -0.481 e. The highest BCUT2D eigenvalue weighted by Crippen LogP contribution is 2.60. The van der Waals surface area contributed by atoms with Crippen LogP contribution < -0.4 is 0 Å². The van der Waals surface area contributed by atoms with Crippen LogP contribution in [0, 0.1) is 17.3 Å². The van der Waals surface area contributed by atoms with Crippen LogP contribution in [0.5, 0.6) is 0 Å². The number of fused-ring (bicyclic) bond motifs is 2. The van der Waals surface area contributed by atoms with Gasteiger partial charge in [-0.2, -0.15) is 0 Å². The molecule has 78 valence electrons. The van der Waals surface area contributed by atoms with Crippen LogP contribution in [0.4, 0.5) is 0 Å². The van der Waals surface area contributed by atoms with Crippen LogP contribution in [-0.4, -0.2) is 11.1 Å². The third-order valence-electron chi connectivity index (χ3n) is 4.42. The van der Waals surface area contributed by atoms with Crippen molar-refractivity contribution in [3.8, 4) is 0 Å². The molecule has 0 amide bonds. The van der Waals surface area contributed by atoms with Gasteiger partial charge in [0.1, 0.15) is 0 Å². The summed E-state index contributed by atoms with van der Waals surface area (Å²) in [5.74, 6) is 0.722. The summed E-state index contributed by atoms with van der Waals surface area (Å²) < 4.78 is 0. The molecule has 0 unspecified atom stereocenters. The van der Waals surface area contributed by atoms with Crippen molar-refractivity contribution in [1.82, 2.24) is 0 Å². The SMILES string of the molecule is C=C1[C@@H]2CC[C@@H](C2)[C@@]1(C)CCC(=O)O. The molecule has 0 aliphatic heterocycles. The Hall–Kier alpha value is -0.790. The van der Waals surface area contributed by atoms with Gasteiger partial charge in [-0.3, -0.25) is 4.79 Å². The van der Waals surface area contributed by atoms with E-state index in [1.54, 1.807) is 0 Å². The summed E-state index contributed by atoms with van der Waals surface area (Å²) in [5, 5.41) is 8.72. The zero-order valence-corrected chi connectivity index (χ0v) is 8.75. The predicted molar refractivity (Wildman–Crippen MR) is 54.9 cm³/mol. The summed E-state index contributed by atoms with van der Waals surface area (Å²) in [6, 6.07) is 0. The number of carbonyl (C=O) groups is 1. The molecule has 0 aromatic heterocycles. The second-order valence-corrected chi connectivity index (χ2v) is 5.04. The molecular formula is C12H18O2. The summed E-state index contributed by atoms with van der Waals surface area (Å²) in [5.41, 5.74) is 1.46. The smallest absolute Gasteiger partial charge is 0.303 e. The van der Waals surface area contributed by atoms with E-state index in [4.69, 9.17) is 5.11 Å². The Morgan fingerprint density at radius 3 is 2.86 bits per heavy atom. The number of rotatable bonds is 3. The molecule has 2 aliphatic carbocycles. The first-order valence-corrected chi connectivity index (χ1v) is 5.45. The van der Waals surface area contributed by atoms with Crippen molar-refractivity contribution in [3.63, 3.8) is 0 Å². The lowest BCUT2D eigenvalue weighted by Crippen LogP contribution is -2.27. The molecular weight excluding hydrogens is 176 g/mol. The van der Waals surface area contributed by atoms with Crippen molar-refractivity contribution in [1.29, 1.82) is 0 Å². The Morgan fingerprint density at radius 2 is 2.36 bits per heavy atom. The normalized spacial score (nSPS) is 40.5. The Bertz CT molecular complexity index is 282. The van der Waals surface area contributed by atoms with Crippen LogP contribution in [0.15, 0.2) is 12.2 Å². The van der Waals surface area contributed by atoms with E-state index in [2.05, 4.69) is 13.5 Å². The molecule has 2 bridgehead atoms. The van der Waals surface area contributed by atoms with Gasteiger partial charge in [0, 0.05) is 6.42 Å². The standard InChI is InChI=1S/C12H18O2/c1-8-9-3-4-10(7-9)12(8,2)6-5-11(13)14/h9-10H,1,3-7H2,2H3,(H,13,14)/t9-,10+,12+/m1/s1. The quantitative estimate of drug-likeness (QED) is 0.701. The second kappa shape index (κ2) is 3.11. The van der Waals surface area contributed by atoms with Crippen molar-refractivity contribution >= 4 is 5.97 Å². The van der Waals surface area contributed by atoms with E-state index in [0.717, 1.165) is 6.42 Å². The third kappa shape index (κ3) is 1.28. The van der Waals surface area contributed by atoms with E-state index in [9.17, 15) is 4.79 Å². The molecule has 2 saturated carbocycles. The Kier molecular flexibility index (Phi) is 2.17. The first kappa shape index (κ1) is 9.75. The molecule has 2 rings (SSSR count). The number of carboxylic acids is 1. The van der Waals surface area contributed by atoms with Gasteiger partial charge < -0.3 is 5.11 Å². The molecule has 2 nitrogen and oxygen atoms in total. The van der Waals surface area contributed by atoms with Crippen molar-refractivity contribution in [2.75, 3.05) is 0 Å². The van der Waals surface area contributed by atoms with Gasteiger partial charge in [0.2, 0.25) is 0 Å². The van der Waals surface area contributed by atoms with Crippen LogP contribution >= 0.6 is 0 Å². The lowest BCUT2D eigenvalue weighted by molar-refractivity contribution is -0.137. The van der Waals surface area contributed by atoms with Gasteiger partial charge in [0.25, 0.3) is 0 Å². The number of aliphatic carboxylic acids is 1. The van der Waals surface area contributed by atoms with Crippen molar-refractivity contribution in [2.45, 2.75) is 39.0 Å². The Balaban J connectivity index is 2.08. The van der Waals surface area contributed by atoms with Crippen LogP contribution in [0.25, 0.3) is 0 Å². The maximum absolute atomic E-state index is 10.6. The molecule has 1 N–H and O–H groups in total.